The third-order valence-corrected chi connectivity index (χ3v) is 6.08. The Bertz CT molecular complexity index is 658. The molecular weight excluding hydrogens is 266 g/mol. The third kappa shape index (κ3) is 1.73. The Labute approximate surface area is 126 Å². The van der Waals surface area contributed by atoms with Gasteiger partial charge in [-0.25, -0.2) is 0 Å². The molecule has 0 radical (unpaired) electrons. The lowest BCUT2D eigenvalue weighted by molar-refractivity contribution is 0.457. The van der Waals surface area contributed by atoms with Crippen LogP contribution in [0.3, 0.4) is 0 Å². The molecule has 2 aromatic carbocycles. The van der Waals surface area contributed by atoms with Gasteiger partial charge in [-0.2, -0.15) is 0 Å². The van der Waals surface area contributed by atoms with Crippen LogP contribution >= 0.6 is 11.6 Å². The molecule has 0 amide bonds. The van der Waals surface area contributed by atoms with E-state index >= 15 is 0 Å². The first-order valence-electron chi connectivity index (χ1n) is 7.21. The van der Waals surface area contributed by atoms with Crippen molar-refractivity contribution >= 4 is 22.4 Å². The van der Waals surface area contributed by atoms with Crippen molar-refractivity contribution in [3.63, 3.8) is 0 Å². The van der Waals surface area contributed by atoms with Gasteiger partial charge in [0.15, 0.2) is 0 Å². The van der Waals surface area contributed by atoms with Gasteiger partial charge in [0.05, 0.1) is 0 Å². The van der Waals surface area contributed by atoms with E-state index < -0.39 is 0 Å². The first-order chi connectivity index (χ1) is 9.28. The number of hydrogen-bond donors (Lipinski definition) is 1. The Kier molecular flexibility index (Phi) is 2.94. The van der Waals surface area contributed by atoms with Crippen molar-refractivity contribution < 1.29 is 0 Å². The zero-order valence-corrected chi connectivity index (χ0v) is 13.3. The topological polar surface area (TPSA) is 26.0 Å². The Morgan fingerprint density at radius 1 is 0.950 bits per heavy atom. The Morgan fingerprint density at radius 2 is 1.50 bits per heavy atom. The van der Waals surface area contributed by atoms with Crippen molar-refractivity contribution in [1.82, 2.24) is 0 Å². The lowest BCUT2D eigenvalue weighted by Gasteiger charge is -2.17. The number of nitrogens with two attached hydrogens (primary N) is 1. The minimum atomic E-state index is 0.0576. The van der Waals surface area contributed by atoms with E-state index in [0.717, 1.165) is 10.4 Å². The highest BCUT2D eigenvalue weighted by Gasteiger charge is 2.66. The summed E-state index contributed by atoms with van der Waals surface area (Å²) in [6, 6.07) is 12.4. The van der Waals surface area contributed by atoms with Crippen LogP contribution < -0.4 is 5.73 Å². The van der Waals surface area contributed by atoms with Crippen LogP contribution in [0.1, 0.15) is 39.3 Å². The van der Waals surface area contributed by atoms with Crippen molar-refractivity contribution in [1.29, 1.82) is 0 Å². The second kappa shape index (κ2) is 4.22. The van der Waals surface area contributed by atoms with Gasteiger partial charge in [0, 0.05) is 16.5 Å². The number of rotatable bonds is 2. The maximum Gasteiger partial charge on any atom is 0.0484 e. The summed E-state index contributed by atoms with van der Waals surface area (Å²) in [5.74, 6) is 0.500. The van der Waals surface area contributed by atoms with Gasteiger partial charge in [-0.1, -0.05) is 69.6 Å². The summed E-state index contributed by atoms with van der Waals surface area (Å²) in [6.45, 7) is 9.26. The van der Waals surface area contributed by atoms with Gasteiger partial charge in [0.25, 0.3) is 0 Å². The van der Waals surface area contributed by atoms with Crippen LogP contribution in [0.2, 0.25) is 5.02 Å². The number of fused-ring (bicyclic) bond motifs is 1. The van der Waals surface area contributed by atoms with Crippen LogP contribution in [0.15, 0.2) is 36.4 Å². The minimum Gasteiger partial charge on any atom is -0.324 e. The van der Waals surface area contributed by atoms with Gasteiger partial charge in [-0.05, 0) is 33.8 Å². The Morgan fingerprint density at radius 3 is 2.05 bits per heavy atom. The molecule has 106 valence electrons. The first kappa shape index (κ1) is 13.9. The van der Waals surface area contributed by atoms with E-state index in [1.54, 1.807) is 0 Å². The van der Waals surface area contributed by atoms with E-state index in [1.807, 2.05) is 12.1 Å². The van der Waals surface area contributed by atoms with Crippen LogP contribution in [-0.2, 0) is 0 Å². The van der Waals surface area contributed by atoms with E-state index in [0.29, 0.717) is 5.92 Å². The molecule has 1 unspecified atom stereocenters. The summed E-state index contributed by atoms with van der Waals surface area (Å²) in [5, 5.41) is 3.08. The Hall–Kier alpha value is -1.05. The fraction of sp³-hybridized carbons (Fsp3) is 0.444. The molecule has 1 aliphatic carbocycles. The van der Waals surface area contributed by atoms with Crippen LogP contribution in [0, 0.1) is 16.7 Å². The normalized spacial score (nSPS) is 21.9. The smallest absolute Gasteiger partial charge is 0.0484 e. The lowest BCUT2D eigenvalue weighted by Crippen LogP contribution is -2.17. The van der Waals surface area contributed by atoms with Crippen molar-refractivity contribution in [2.24, 2.45) is 22.5 Å². The van der Waals surface area contributed by atoms with E-state index in [1.165, 1.54) is 10.9 Å². The molecular formula is C18H22ClN. The van der Waals surface area contributed by atoms with Gasteiger partial charge in [-0.3, -0.25) is 0 Å². The second-order valence-electron chi connectivity index (χ2n) is 7.13. The average Bonchev–Trinajstić information content (AvgIpc) is 2.80. The van der Waals surface area contributed by atoms with Crippen LogP contribution in [0.4, 0.5) is 0 Å². The predicted molar refractivity (Wildman–Crippen MR) is 86.9 cm³/mol. The predicted octanol–water partition coefficient (Wildman–Crippen LogP) is 5.18. The molecule has 1 saturated carbocycles. The van der Waals surface area contributed by atoms with Gasteiger partial charge < -0.3 is 5.73 Å². The first-order valence-corrected chi connectivity index (χ1v) is 7.59. The van der Waals surface area contributed by atoms with E-state index in [2.05, 4.69) is 52.0 Å². The maximum absolute atomic E-state index is 6.62. The third-order valence-electron chi connectivity index (χ3n) is 5.76. The zero-order valence-electron chi connectivity index (χ0n) is 12.6. The highest BCUT2D eigenvalue weighted by molar-refractivity contribution is 6.35. The zero-order chi connectivity index (χ0) is 14.7. The summed E-state index contributed by atoms with van der Waals surface area (Å²) in [4.78, 5) is 0. The molecule has 3 rings (SSSR count). The number of benzene rings is 2. The molecule has 2 aromatic rings. The molecule has 1 nitrogen and oxygen atoms in total. The van der Waals surface area contributed by atoms with Gasteiger partial charge in [0.1, 0.15) is 0 Å². The molecule has 20 heavy (non-hydrogen) atoms. The summed E-state index contributed by atoms with van der Waals surface area (Å²) in [7, 11) is 0. The quantitative estimate of drug-likeness (QED) is 0.809. The second-order valence-corrected chi connectivity index (χ2v) is 7.54. The standard InChI is InChI=1S/C18H22ClN/c1-17(2)16(18(17,3)4)15(20)13-9-10-14(19)12-8-6-5-7-11(12)13/h5-10,15-16H,20H2,1-4H3. The number of hydrogen-bond acceptors (Lipinski definition) is 1. The molecule has 2 heteroatoms. The van der Waals surface area contributed by atoms with Crippen molar-refractivity contribution in [3.05, 3.63) is 47.0 Å². The van der Waals surface area contributed by atoms with Crippen LogP contribution in [0.25, 0.3) is 10.8 Å². The highest BCUT2D eigenvalue weighted by Crippen LogP contribution is 2.72. The van der Waals surface area contributed by atoms with E-state index in [9.17, 15) is 0 Å². The minimum absolute atomic E-state index is 0.0576. The molecule has 0 bridgehead atoms. The van der Waals surface area contributed by atoms with Crippen molar-refractivity contribution in [2.75, 3.05) is 0 Å². The van der Waals surface area contributed by atoms with Crippen molar-refractivity contribution in [2.45, 2.75) is 33.7 Å². The fourth-order valence-corrected chi connectivity index (χ4v) is 4.13. The van der Waals surface area contributed by atoms with Crippen LogP contribution in [0.5, 0.6) is 0 Å². The molecule has 1 fully saturated rings. The van der Waals surface area contributed by atoms with Crippen molar-refractivity contribution in [3.8, 4) is 0 Å². The monoisotopic (exact) mass is 287 g/mol. The van der Waals surface area contributed by atoms with Crippen LogP contribution in [-0.4, -0.2) is 0 Å². The fourth-order valence-electron chi connectivity index (χ4n) is 3.90. The molecule has 1 atom stereocenters. The summed E-state index contributed by atoms with van der Waals surface area (Å²) in [6.07, 6.45) is 0. The van der Waals surface area contributed by atoms with Gasteiger partial charge in [-0.15, -0.1) is 0 Å². The van der Waals surface area contributed by atoms with E-state index in [4.69, 9.17) is 17.3 Å². The highest BCUT2D eigenvalue weighted by atomic mass is 35.5. The molecule has 0 aromatic heterocycles. The lowest BCUT2D eigenvalue weighted by atomic mass is 9.93. The van der Waals surface area contributed by atoms with Gasteiger partial charge in [0.2, 0.25) is 0 Å². The Balaban J connectivity index is 2.11. The molecule has 0 aliphatic heterocycles. The SMILES string of the molecule is CC1(C)C(C(N)c2ccc(Cl)c3ccccc23)C1(C)C. The molecule has 0 saturated heterocycles. The molecule has 1 aliphatic rings. The average molecular weight is 288 g/mol. The largest absolute Gasteiger partial charge is 0.324 e. The van der Waals surface area contributed by atoms with E-state index in [-0.39, 0.29) is 16.9 Å². The molecule has 0 heterocycles. The summed E-state index contributed by atoms with van der Waals surface area (Å²) >= 11 is 6.30. The maximum atomic E-state index is 6.62. The summed E-state index contributed by atoms with van der Waals surface area (Å²) in [5.41, 5.74) is 8.41. The molecule has 2 N–H and O–H groups in total. The number of halogens is 1. The summed E-state index contributed by atoms with van der Waals surface area (Å²) < 4.78 is 0. The molecule has 0 spiro atoms. The van der Waals surface area contributed by atoms with Gasteiger partial charge >= 0.3 is 0 Å².